The fraction of sp³-hybridized carbons (Fsp3) is 0.318. The number of nitrogens with one attached hydrogen (secondary N) is 2. The van der Waals surface area contributed by atoms with Crippen molar-refractivity contribution >= 4 is 16.9 Å². The number of piperazine rings is 1. The van der Waals surface area contributed by atoms with Gasteiger partial charge in [-0.05, 0) is 29.8 Å². The maximum absolute atomic E-state index is 12.5. The van der Waals surface area contributed by atoms with E-state index in [1.165, 1.54) is 0 Å². The molecule has 0 unspecified atom stereocenters. The number of ether oxygens (including phenoxy) is 2. The topological polar surface area (TPSA) is 99.8 Å². The number of urea groups is 1. The predicted molar refractivity (Wildman–Crippen MR) is 114 cm³/mol. The first kappa shape index (κ1) is 19.4. The summed E-state index contributed by atoms with van der Waals surface area (Å²) in [6.07, 6.45) is 0. The fourth-order valence-electron chi connectivity index (χ4n) is 3.87. The van der Waals surface area contributed by atoms with E-state index >= 15 is 0 Å². The summed E-state index contributed by atoms with van der Waals surface area (Å²) in [5, 5.41) is 3.56. The molecule has 31 heavy (non-hydrogen) atoms. The lowest BCUT2D eigenvalue weighted by molar-refractivity contribution is 0.133. The molecule has 9 heteroatoms. The minimum atomic E-state index is -0.123. The highest BCUT2D eigenvalue weighted by atomic mass is 16.7. The molecular weight excluding hydrogens is 398 g/mol. The minimum absolute atomic E-state index is 0.0884. The summed E-state index contributed by atoms with van der Waals surface area (Å²) in [5.74, 6) is 2.08. The first-order valence-corrected chi connectivity index (χ1v) is 10.3. The molecule has 3 heterocycles. The van der Waals surface area contributed by atoms with Crippen molar-refractivity contribution in [3.63, 3.8) is 0 Å². The second-order valence-corrected chi connectivity index (χ2v) is 7.64. The first-order chi connectivity index (χ1) is 15.2. The highest BCUT2D eigenvalue weighted by Crippen LogP contribution is 2.32. The van der Waals surface area contributed by atoms with Crippen molar-refractivity contribution in [3.05, 3.63) is 64.2 Å². The molecule has 1 saturated heterocycles. The van der Waals surface area contributed by atoms with Gasteiger partial charge in [0, 0.05) is 32.7 Å². The number of carbonyl (C=O) groups excluding carboxylic acids is 1. The molecule has 1 fully saturated rings. The molecule has 160 valence electrons. The van der Waals surface area contributed by atoms with Crippen LogP contribution in [0.1, 0.15) is 11.4 Å². The smallest absolute Gasteiger partial charge is 0.317 e. The number of benzene rings is 2. The number of nitrogens with zero attached hydrogens (tertiary/aromatic N) is 3. The van der Waals surface area contributed by atoms with Crippen LogP contribution >= 0.6 is 0 Å². The normalized spacial score (nSPS) is 15.9. The Hall–Kier alpha value is -3.59. The monoisotopic (exact) mass is 421 g/mol. The third-order valence-electron chi connectivity index (χ3n) is 5.58. The molecule has 0 bridgehead atoms. The van der Waals surface area contributed by atoms with Gasteiger partial charge < -0.3 is 24.7 Å². The van der Waals surface area contributed by atoms with Crippen LogP contribution in [-0.4, -0.2) is 58.8 Å². The molecule has 2 aliphatic rings. The average Bonchev–Trinajstić information content (AvgIpc) is 3.26. The van der Waals surface area contributed by atoms with Crippen LogP contribution in [0.15, 0.2) is 47.3 Å². The fourth-order valence-corrected chi connectivity index (χ4v) is 3.87. The molecule has 1 aromatic heterocycles. The zero-order valence-electron chi connectivity index (χ0n) is 17.0. The van der Waals surface area contributed by atoms with Crippen molar-refractivity contribution in [3.8, 4) is 11.5 Å². The van der Waals surface area contributed by atoms with E-state index in [9.17, 15) is 9.59 Å². The van der Waals surface area contributed by atoms with Gasteiger partial charge in [-0.1, -0.05) is 18.2 Å². The average molecular weight is 421 g/mol. The summed E-state index contributed by atoms with van der Waals surface area (Å²) < 4.78 is 10.7. The molecule has 0 aliphatic carbocycles. The molecule has 2 aromatic carbocycles. The number of aromatic amines is 1. The molecule has 9 nitrogen and oxygen atoms in total. The summed E-state index contributed by atoms with van der Waals surface area (Å²) in [6.45, 7) is 3.88. The van der Waals surface area contributed by atoms with E-state index in [0.29, 0.717) is 61.7 Å². The summed E-state index contributed by atoms with van der Waals surface area (Å²) >= 11 is 0. The summed E-state index contributed by atoms with van der Waals surface area (Å²) in [6, 6.07) is 12.9. The molecule has 0 saturated carbocycles. The number of rotatable bonds is 4. The van der Waals surface area contributed by atoms with E-state index in [2.05, 4.69) is 20.2 Å². The Bertz CT molecular complexity index is 1170. The maximum atomic E-state index is 12.5. The number of aromatic nitrogens is 2. The van der Waals surface area contributed by atoms with Gasteiger partial charge in [-0.15, -0.1) is 0 Å². The summed E-state index contributed by atoms with van der Waals surface area (Å²) in [5.41, 5.74) is 1.53. The van der Waals surface area contributed by atoms with E-state index in [1.54, 1.807) is 11.0 Å². The molecular formula is C22H23N5O4. The highest BCUT2D eigenvalue weighted by Gasteiger charge is 2.22. The Balaban J connectivity index is 1.13. The van der Waals surface area contributed by atoms with Gasteiger partial charge in [0.1, 0.15) is 5.82 Å². The number of amides is 2. The Morgan fingerprint density at radius 1 is 1.06 bits per heavy atom. The quantitative estimate of drug-likeness (QED) is 0.665. The standard InChI is InChI=1S/C22H23N5O4/c28-21-16-3-1-2-4-17(16)24-20(25-21)13-26-7-9-27(10-8-26)22(29)23-12-15-5-6-18-19(11-15)31-14-30-18/h1-6,11H,7-10,12-14H2,(H,23,29)(H,24,25,28). The third-order valence-corrected chi connectivity index (χ3v) is 5.58. The van der Waals surface area contributed by atoms with Crippen LogP contribution in [0.2, 0.25) is 0 Å². The molecule has 2 aliphatic heterocycles. The van der Waals surface area contributed by atoms with E-state index in [-0.39, 0.29) is 18.4 Å². The van der Waals surface area contributed by atoms with Gasteiger partial charge in [0.15, 0.2) is 11.5 Å². The number of hydrogen-bond acceptors (Lipinski definition) is 6. The van der Waals surface area contributed by atoms with Gasteiger partial charge in [0.2, 0.25) is 6.79 Å². The lowest BCUT2D eigenvalue weighted by atomic mass is 10.2. The predicted octanol–water partition coefficient (Wildman–Crippen LogP) is 1.68. The van der Waals surface area contributed by atoms with Gasteiger partial charge in [0.25, 0.3) is 5.56 Å². The van der Waals surface area contributed by atoms with Gasteiger partial charge in [-0.3, -0.25) is 9.69 Å². The first-order valence-electron chi connectivity index (χ1n) is 10.3. The molecule has 2 N–H and O–H groups in total. The van der Waals surface area contributed by atoms with Crippen LogP contribution in [0.5, 0.6) is 11.5 Å². The Morgan fingerprint density at radius 3 is 2.74 bits per heavy atom. The second-order valence-electron chi connectivity index (χ2n) is 7.64. The van der Waals surface area contributed by atoms with Gasteiger partial charge in [-0.2, -0.15) is 0 Å². The maximum Gasteiger partial charge on any atom is 0.317 e. The number of carbonyl (C=O) groups is 1. The van der Waals surface area contributed by atoms with Crippen LogP contribution in [0.3, 0.4) is 0 Å². The molecule has 0 radical (unpaired) electrons. The lowest BCUT2D eigenvalue weighted by Gasteiger charge is -2.34. The number of para-hydroxylation sites is 1. The molecule has 3 aromatic rings. The van der Waals surface area contributed by atoms with Crippen molar-refractivity contribution in [2.24, 2.45) is 0 Å². The van der Waals surface area contributed by atoms with Crippen molar-refractivity contribution in [1.29, 1.82) is 0 Å². The zero-order chi connectivity index (χ0) is 21.2. The Morgan fingerprint density at radius 2 is 1.87 bits per heavy atom. The van der Waals surface area contributed by atoms with Crippen LogP contribution < -0.4 is 20.3 Å². The van der Waals surface area contributed by atoms with Crippen LogP contribution in [0.25, 0.3) is 10.9 Å². The van der Waals surface area contributed by atoms with Gasteiger partial charge in [0.05, 0.1) is 17.4 Å². The zero-order valence-corrected chi connectivity index (χ0v) is 17.0. The summed E-state index contributed by atoms with van der Waals surface area (Å²) in [4.78, 5) is 36.2. The second kappa shape index (κ2) is 8.27. The van der Waals surface area contributed by atoms with Crippen LogP contribution in [0, 0.1) is 0 Å². The molecule has 5 rings (SSSR count). The van der Waals surface area contributed by atoms with Crippen LogP contribution in [-0.2, 0) is 13.1 Å². The third kappa shape index (κ3) is 4.17. The van der Waals surface area contributed by atoms with Crippen molar-refractivity contribution in [2.75, 3.05) is 33.0 Å². The van der Waals surface area contributed by atoms with Crippen LogP contribution in [0.4, 0.5) is 4.79 Å². The van der Waals surface area contributed by atoms with Gasteiger partial charge in [-0.25, -0.2) is 9.78 Å². The largest absolute Gasteiger partial charge is 0.454 e. The van der Waals surface area contributed by atoms with E-state index in [4.69, 9.17) is 9.47 Å². The molecule has 0 spiro atoms. The van der Waals surface area contributed by atoms with Crippen molar-refractivity contribution in [2.45, 2.75) is 13.1 Å². The Labute approximate surface area is 178 Å². The SMILES string of the molecule is O=C(NCc1ccc2c(c1)OCO2)N1CCN(Cc2nc3ccccc3c(=O)[nH]2)CC1. The number of H-pyrrole nitrogens is 1. The summed E-state index contributed by atoms with van der Waals surface area (Å²) in [7, 11) is 0. The van der Waals surface area contributed by atoms with E-state index in [0.717, 1.165) is 11.3 Å². The van der Waals surface area contributed by atoms with Crippen molar-refractivity contribution < 1.29 is 14.3 Å². The highest BCUT2D eigenvalue weighted by molar-refractivity contribution is 5.77. The number of hydrogen-bond donors (Lipinski definition) is 2. The van der Waals surface area contributed by atoms with Gasteiger partial charge >= 0.3 is 6.03 Å². The molecule has 2 amide bonds. The Kier molecular flexibility index (Phi) is 5.17. The molecule has 0 atom stereocenters. The number of fused-ring (bicyclic) bond motifs is 2. The van der Waals surface area contributed by atoms with Crippen molar-refractivity contribution in [1.82, 2.24) is 25.1 Å². The minimum Gasteiger partial charge on any atom is -0.454 e. The van der Waals surface area contributed by atoms with E-state index < -0.39 is 0 Å². The lowest BCUT2D eigenvalue weighted by Crippen LogP contribution is -2.51. The van der Waals surface area contributed by atoms with E-state index in [1.807, 2.05) is 36.4 Å².